The van der Waals surface area contributed by atoms with E-state index >= 15 is 0 Å². The van der Waals surface area contributed by atoms with Crippen LogP contribution >= 0.6 is 24.0 Å². The summed E-state index contributed by atoms with van der Waals surface area (Å²) in [6, 6.07) is 13.8. The number of aliphatic imine (C=N–C) groups is 1. The smallest absolute Gasteiger partial charge is 0.193 e. The van der Waals surface area contributed by atoms with Gasteiger partial charge in [-0.05, 0) is 49.4 Å². The molecule has 0 atom stereocenters. The van der Waals surface area contributed by atoms with Crippen LogP contribution < -0.4 is 20.5 Å². The van der Waals surface area contributed by atoms with Gasteiger partial charge >= 0.3 is 0 Å². The molecular weight excluding hydrogens is 481 g/mol. The molecular formula is C22H30IN3O3. The third kappa shape index (κ3) is 6.78. The summed E-state index contributed by atoms with van der Waals surface area (Å²) in [7, 11) is 3.33. The first-order chi connectivity index (χ1) is 13.7. The summed E-state index contributed by atoms with van der Waals surface area (Å²) in [5.41, 5.74) is 9.03. The van der Waals surface area contributed by atoms with Crippen molar-refractivity contribution in [1.82, 2.24) is 0 Å². The van der Waals surface area contributed by atoms with E-state index in [1.807, 2.05) is 42.5 Å². The number of halogens is 1. The average molecular weight is 511 g/mol. The summed E-state index contributed by atoms with van der Waals surface area (Å²) in [5, 5.41) is 3.15. The minimum Gasteiger partial charge on any atom is -0.493 e. The molecule has 2 aromatic carbocycles. The van der Waals surface area contributed by atoms with E-state index in [-0.39, 0.29) is 30.1 Å². The van der Waals surface area contributed by atoms with Gasteiger partial charge in [0.2, 0.25) is 0 Å². The van der Waals surface area contributed by atoms with Gasteiger partial charge in [-0.2, -0.15) is 0 Å². The Labute approximate surface area is 189 Å². The lowest BCUT2D eigenvalue weighted by Crippen LogP contribution is -2.23. The lowest BCUT2D eigenvalue weighted by molar-refractivity contribution is 0.185. The van der Waals surface area contributed by atoms with E-state index in [1.165, 1.54) is 12.8 Å². The third-order valence-electron chi connectivity index (χ3n) is 4.84. The lowest BCUT2D eigenvalue weighted by Gasteiger charge is -2.16. The number of benzene rings is 2. The molecule has 0 radical (unpaired) electrons. The van der Waals surface area contributed by atoms with Crippen molar-refractivity contribution in [3.05, 3.63) is 53.6 Å². The van der Waals surface area contributed by atoms with Gasteiger partial charge in [-0.15, -0.1) is 24.0 Å². The Morgan fingerprint density at radius 1 is 1.10 bits per heavy atom. The number of anilines is 1. The summed E-state index contributed by atoms with van der Waals surface area (Å²) in [5.74, 6) is 1.89. The Morgan fingerprint density at radius 2 is 1.86 bits per heavy atom. The first-order valence-electron chi connectivity index (χ1n) is 9.67. The van der Waals surface area contributed by atoms with Crippen molar-refractivity contribution in [2.75, 3.05) is 19.5 Å². The van der Waals surface area contributed by atoms with Gasteiger partial charge in [0.15, 0.2) is 17.5 Å². The summed E-state index contributed by atoms with van der Waals surface area (Å²) in [4.78, 5) is 4.47. The fraction of sp³-hybridized carbons (Fsp3) is 0.409. The van der Waals surface area contributed by atoms with E-state index in [9.17, 15) is 0 Å². The predicted molar refractivity (Wildman–Crippen MR) is 127 cm³/mol. The van der Waals surface area contributed by atoms with Crippen LogP contribution in [-0.4, -0.2) is 26.3 Å². The van der Waals surface area contributed by atoms with Crippen molar-refractivity contribution in [3.63, 3.8) is 0 Å². The summed E-state index contributed by atoms with van der Waals surface area (Å²) in [6.45, 7) is 0.965. The highest BCUT2D eigenvalue weighted by atomic mass is 127. The number of methoxy groups -OCH3 is 2. The zero-order valence-electron chi connectivity index (χ0n) is 17.0. The number of hydrogen-bond acceptors (Lipinski definition) is 4. The van der Waals surface area contributed by atoms with Crippen LogP contribution in [0.4, 0.5) is 5.69 Å². The number of nitrogens with zero attached hydrogens (tertiary/aromatic N) is 1. The van der Waals surface area contributed by atoms with E-state index in [1.54, 1.807) is 14.2 Å². The molecule has 3 rings (SSSR count). The second kappa shape index (κ2) is 11.9. The van der Waals surface area contributed by atoms with Crippen molar-refractivity contribution in [3.8, 4) is 11.5 Å². The monoisotopic (exact) mass is 511 g/mol. The van der Waals surface area contributed by atoms with E-state index in [0.717, 1.165) is 41.2 Å². The molecule has 0 spiro atoms. The van der Waals surface area contributed by atoms with Gasteiger partial charge in [0.1, 0.15) is 0 Å². The van der Waals surface area contributed by atoms with Crippen LogP contribution in [0.25, 0.3) is 0 Å². The maximum atomic E-state index is 6.15. The first-order valence-corrected chi connectivity index (χ1v) is 9.67. The molecule has 29 heavy (non-hydrogen) atoms. The molecule has 0 amide bonds. The standard InChI is InChI=1S/C22H29N3O3.HI/c1-26-15-17-7-3-6-10-19(17)25-22(23)24-14-16-11-12-20(27-2)21(13-16)28-18-8-4-5-9-18;/h3,6-7,10-13,18H,4-5,8-9,14-15H2,1-2H3,(H3,23,24,25);1H. The molecule has 0 aliphatic heterocycles. The lowest BCUT2D eigenvalue weighted by atomic mass is 10.2. The zero-order chi connectivity index (χ0) is 19.8. The van der Waals surface area contributed by atoms with Gasteiger partial charge in [-0.3, -0.25) is 0 Å². The van der Waals surface area contributed by atoms with Crippen LogP contribution in [0, 0.1) is 0 Å². The topological polar surface area (TPSA) is 78.1 Å². The molecule has 0 heterocycles. The average Bonchev–Trinajstić information content (AvgIpc) is 3.21. The normalized spacial score (nSPS) is 14.3. The molecule has 0 unspecified atom stereocenters. The van der Waals surface area contributed by atoms with Gasteiger partial charge in [0.05, 0.1) is 26.4 Å². The highest BCUT2D eigenvalue weighted by molar-refractivity contribution is 14.0. The van der Waals surface area contributed by atoms with Crippen LogP contribution in [0.5, 0.6) is 11.5 Å². The molecule has 158 valence electrons. The van der Waals surface area contributed by atoms with Gasteiger partial charge in [0.25, 0.3) is 0 Å². The number of guanidine groups is 1. The highest BCUT2D eigenvalue weighted by Crippen LogP contribution is 2.32. The Hall–Kier alpha value is -2.00. The molecule has 0 saturated heterocycles. The van der Waals surface area contributed by atoms with Crippen LogP contribution in [0.1, 0.15) is 36.8 Å². The Balaban J connectivity index is 0.00000300. The van der Waals surface area contributed by atoms with E-state index in [4.69, 9.17) is 19.9 Å². The molecule has 1 aliphatic carbocycles. The largest absolute Gasteiger partial charge is 0.493 e. The molecule has 0 bridgehead atoms. The second-order valence-corrected chi connectivity index (χ2v) is 6.93. The third-order valence-corrected chi connectivity index (χ3v) is 4.84. The summed E-state index contributed by atoms with van der Waals surface area (Å²) >= 11 is 0. The fourth-order valence-corrected chi connectivity index (χ4v) is 3.37. The molecule has 3 N–H and O–H groups in total. The fourth-order valence-electron chi connectivity index (χ4n) is 3.37. The minimum atomic E-state index is 0. The van der Waals surface area contributed by atoms with Crippen LogP contribution in [0.15, 0.2) is 47.5 Å². The minimum absolute atomic E-state index is 0. The number of nitrogens with two attached hydrogens (primary N) is 1. The molecule has 2 aromatic rings. The number of hydrogen-bond donors (Lipinski definition) is 2. The molecule has 1 saturated carbocycles. The Bertz CT molecular complexity index is 808. The maximum Gasteiger partial charge on any atom is 0.193 e. The molecule has 0 aromatic heterocycles. The van der Waals surface area contributed by atoms with Crippen molar-refractivity contribution < 1.29 is 14.2 Å². The first kappa shape index (κ1) is 23.3. The molecule has 1 fully saturated rings. The number of ether oxygens (including phenoxy) is 3. The number of nitrogens with one attached hydrogen (secondary N) is 1. The van der Waals surface area contributed by atoms with Gasteiger partial charge in [-0.25, -0.2) is 4.99 Å². The SMILES string of the molecule is COCc1ccccc1NC(N)=NCc1ccc(OC)c(OC2CCCC2)c1.I. The maximum absolute atomic E-state index is 6.15. The van der Waals surface area contributed by atoms with E-state index < -0.39 is 0 Å². The van der Waals surface area contributed by atoms with Gasteiger partial charge in [-0.1, -0.05) is 24.3 Å². The quantitative estimate of drug-likeness (QED) is 0.305. The van der Waals surface area contributed by atoms with Crippen LogP contribution in [0.2, 0.25) is 0 Å². The van der Waals surface area contributed by atoms with Gasteiger partial charge < -0.3 is 25.3 Å². The molecule has 6 nitrogen and oxygen atoms in total. The van der Waals surface area contributed by atoms with Crippen molar-refractivity contribution >= 4 is 35.6 Å². The number of para-hydroxylation sites is 1. The predicted octanol–water partition coefficient (Wildman–Crippen LogP) is 4.71. The summed E-state index contributed by atoms with van der Waals surface area (Å²) in [6.07, 6.45) is 4.93. The van der Waals surface area contributed by atoms with Crippen LogP contribution in [-0.2, 0) is 17.9 Å². The van der Waals surface area contributed by atoms with Crippen molar-refractivity contribution in [2.24, 2.45) is 10.7 Å². The van der Waals surface area contributed by atoms with Gasteiger partial charge in [0, 0.05) is 18.4 Å². The zero-order valence-corrected chi connectivity index (χ0v) is 19.3. The Kier molecular flexibility index (Phi) is 9.53. The van der Waals surface area contributed by atoms with E-state index in [2.05, 4.69) is 10.3 Å². The Morgan fingerprint density at radius 3 is 2.59 bits per heavy atom. The van der Waals surface area contributed by atoms with E-state index in [0.29, 0.717) is 19.1 Å². The van der Waals surface area contributed by atoms with Crippen molar-refractivity contribution in [2.45, 2.75) is 44.9 Å². The second-order valence-electron chi connectivity index (χ2n) is 6.93. The number of rotatable bonds is 8. The molecule has 1 aliphatic rings. The van der Waals surface area contributed by atoms with Crippen molar-refractivity contribution in [1.29, 1.82) is 0 Å². The highest BCUT2D eigenvalue weighted by Gasteiger charge is 2.18. The molecule has 7 heteroatoms. The van der Waals surface area contributed by atoms with Crippen LogP contribution in [0.3, 0.4) is 0 Å². The summed E-state index contributed by atoms with van der Waals surface area (Å²) < 4.78 is 16.8.